The van der Waals surface area contributed by atoms with Crippen molar-refractivity contribution in [1.29, 1.82) is 0 Å². The third-order valence-electron chi connectivity index (χ3n) is 5.81. The van der Waals surface area contributed by atoms with E-state index in [0.717, 1.165) is 6.07 Å². The fraction of sp³-hybridized carbons (Fsp3) is 0.231. The number of fused-ring (bicyclic) bond motifs is 1. The zero-order valence-corrected chi connectivity index (χ0v) is 19.8. The van der Waals surface area contributed by atoms with Gasteiger partial charge in [0, 0.05) is 29.9 Å². The van der Waals surface area contributed by atoms with Gasteiger partial charge >= 0.3 is 6.18 Å². The van der Waals surface area contributed by atoms with Gasteiger partial charge in [-0.25, -0.2) is 4.98 Å². The van der Waals surface area contributed by atoms with Crippen LogP contribution in [0.4, 0.5) is 18.9 Å². The summed E-state index contributed by atoms with van der Waals surface area (Å²) < 4.78 is 46.0. The van der Waals surface area contributed by atoms with Gasteiger partial charge in [-0.05, 0) is 57.2 Å². The lowest BCUT2D eigenvalue weighted by Crippen LogP contribution is -2.30. The molecule has 4 aromatic rings. The Bertz CT molecular complexity index is 1420. The normalized spacial score (nSPS) is 11.5. The van der Waals surface area contributed by atoms with Crippen molar-refractivity contribution in [2.75, 3.05) is 18.4 Å². The largest absolute Gasteiger partial charge is 0.417 e. The van der Waals surface area contributed by atoms with Gasteiger partial charge in [-0.3, -0.25) is 9.59 Å². The van der Waals surface area contributed by atoms with E-state index < -0.39 is 17.6 Å². The highest BCUT2D eigenvalue weighted by atomic mass is 19.4. The van der Waals surface area contributed by atoms with E-state index in [1.54, 1.807) is 36.1 Å². The molecule has 0 aliphatic carbocycles. The first-order valence-corrected chi connectivity index (χ1v) is 11.3. The summed E-state index contributed by atoms with van der Waals surface area (Å²) in [5.41, 5.74) is 0.134. The Hall–Kier alpha value is -4.21. The van der Waals surface area contributed by atoms with Crippen LogP contribution in [-0.4, -0.2) is 39.9 Å². The standard InChI is InChI=1S/C26H23F3N4O3/c1-4-33(5-2)25(35)16-10-12-17(13-11-16)30-23(34)19-14-21(31-24-22(19)15(3)32-36-24)18-8-6-7-9-20(18)26(27,28)29/h6-14H,4-5H2,1-3H3,(H,30,34). The number of hydrogen-bond donors (Lipinski definition) is 1. The number of nitrogens with one attached hydrogen (secondary N) is 1. The fourth-order valence-corrected chi connectivity index (χ4v) is 3.95. The Morgan fingerprint density at radius 3 is 2.33 bits per heavy atom. The molecular weight excluding hydrogens is 473 g/mol. The zero-order valence-electron chi connectivity index (χ0n) is 19.8. The predicted octanol–water partition coefficient (Wildman–Crippen LogP) is 5.95. The molecule has 0 aliphatic rings. The minimum Gasteiger partial charge on any atom is -0.339 e. The lowest BCUT2D eigenvalue weighted by molar-refractivity contribution is -0.137. The molecule has 2 aromatic carbocycles. The molecule has 2 heterocycles. The number of nitrogens with zero attached hydrogens (tertiary/aromatic N) is 3. The molecular formula is C26H23F3N4O3. The Kier molecular flexibility index (Phi) is 6.78. The molecule has 10 heteroatoms. The summed E-state index contributed by atoms with van der Waals surface area (Å²) in [6.07, 6.45) is -4.61. The highest BCUT2D eigenvalue weighted by Crippen LogP contribution is 2.37. The molecule has 0 aliphatic heterocycles. The van der Waals surface area contributed by atoms with Crippen LogP contribution in [0.2, 0.25) is 0 Å². The SMILES string of the molecule is CCN(CC)C(=O)c1ccc(NC(=O)c2cc(-c3ccccc3C(F)(F)F)nc3onc(C)c23)cc1. The number of pyridine rings is 1. The quantitative estimate of drug-likeness (QED) is 0.356. The third-order valence-corrected chi connectivity index (χ3v) is 5.81. The summed E-state index contributed by atoms with van der Waals surface area (Å²) >= 11 is 0. The van der Waals surface area contributed by atoms with Crippen molar-refractivity contribution in [2.45, 2.75) is 26.9 Å². The van der Waals surface area contributed by atoms with Crippen molar-refractivity contribution in [3.05, 3.63) is 77.0 Å². The average molecular weight is 496 g/mol. The topological polar surface area (TPSA) is 88.3 Å². The van der Waals surface area contributed by atoms with E-state index in [-0.39, 0.29) is 28.4 Å². The van der Waals surface area contributed by atoms with Gasteiger partial charge in [-0.15, -0.1) is 0 Å². The first-order chi connectivity index (χ1) is 17.1. The van der Waals surface area contributed by atoms with Crippen LogP contribution in [0.1, 0.15) is 45.8 Å². The van der Waals surface area contributed by atoms with Crippen molar-refractivity contribution in [1.82, 2.24) is 15.0 Å². The molecule has 4 rings (SSSR count). The predicted molar refractivity (Wildman–Crippen MR) is 129 cm³/mol. The first kappa shape index (κ1) is 24.9. The van der Waals surface area contributed by atoms with E-state index in [1.807, 2.05) is 13.8 Å². The summed E-state index contributed by atoms with van der Waals surface area (Å²) in [4.78, 5) is 31.7. The molecule has 7 nitrogen and oxygen atoms in total. The molecule has 0 saturated carbocycles. The molecule has 0 bridgehead atoms. The van der Waals surface area contributed by atoms with Crippen LogP contribution in [0.15, 0.2) is 59.1 Å². The van der Waals surface area contributed by atoms with Gasteiger partial charge in [-0.1, -0.05) is 23.4 Å². The van der Waals surface area contributed by atoms with Crippen LogP contribution < -0.4 is 5.32 Å². The second-order valence-electron chi connectivity index (χ2n) is 8.06. The van der Waals surface area contributed by atoms with Crippen LogP contribution in [0.3, 0.4) is 0 Å². The van der Waals surface area contributed by atoms with Crippen LogP contribution in [0, 0.1) is 6.92 Å². The highest BCUT2D eigenvalue weighted by Gasteiger charge is 2.34. The Balaban J connectivity index is 1.71. The van der Waals surface area contributed by atoms with Crippen LogP contribution >= 0.6 is 0 Å². The number of carbonyl (C=O) groups excluding carboxylic acids is 2. The molecule has 186 valence electrons. The molecule has 0 saturated heterocycles. The molecule has 0 fully saturated rings. The van der Waals surface area contributed by atoms with E-state index >= 15 is 0 Å². The molecule has 0 atom stereocenters. The second-order valence-corrected chi connectivity index (χ2v) is 8.06. The number of aryl methyl sites for hydroxylation is 1. The minimum atomic E-state index is -4.61. The molecule has 2 amide bonds. The van der Waals surface area contributed by atoms with Crippen molar-refractivity contribution in [2.24, 2.45) is 0 Å². The van der Waals surface area contributed by atoms with E-state index in [2.05, 4.69) is 15.5 Å². The molecule has 0 unspecified atom stereocenters. The highest BCUT2D eigenvalue weighted by molar-refractivity contribution is 6.13. The number of amides is 2. The maximum Gasteiger partial charge on any atom is 0.417 e. The number of anilines is 1. The number of rotatable bonds is 6. The van der Waals surface area contributed by atoms with Crippen molar-refractivity contribution in [3.63, 3.8) is 0 Å². The van der Waals surface area contributed by atoms with Gasteiger partial charge in [0.25, 0.3) is 17.5 Å². The maximum absolute atomic E-state index is 13.6. The third kappa shape index (κ3) is 4.79. The van der Waals surface area contributed by atoms with Gasteiger partial charge in [0.2, 0.25) is 0 Å². The van der Waals surface area contributed by atoms with Crippen LogP contribution in [0.5, 0.6) is 0 Å². The first-order valence-electron chi connectivity index (χ1n) is 11.3. The van der Waals surface area contributed by atoms with E-state index in [4.69, 9.17) is 4.52 Å². The molecule has 1 N–H and O–H groups in total. The molecule has 2 aromatic heterocycles. The summed E-state index contributed by atoms with van der Waals surface area (Å²) in [6, 6.07) is 12.7. The molecule has 0 radical (unpaired) electrons. The number of benzene rings is 2. The van der Waals surface area contributed by atoms with Crippen molar-refractivity contribution < 1.29 is 27.3 Å². The fourth-order valence-electron chi connectivity index (χ4n) is 3.95. The summed E-state index contributed by atoms with van der Waals surface area (Å²) in [5, 5.41) is 6.86. The van der Waals surface area contributed by atoms with Gasteiger partial charge in [0.1, 0.15) is 0 Å². The monoisotopic (exact) mass is 496 g/mol. The lowest BCUT2D eigenvalue weighted by atomic mass is 10.0. The van der Waals surface area contributed by atoms with Gasteiger partial charge < -0.3 is 14.7 Å². The van der Waals surface area contributed by atoms with Crippen molar-refractivity contribution in [3.8, 4) is 11.3 Å². The molecule has 36 heavy (non-hydrogen) atoms. The van der Waals surface area contributed by atoms with Gasteiger partial charge in [0.15, 0.2) is 0 Å². The number of hydrogen-bond acceptors (Lipinski definition) is 5. The van der Waals surface area contributed by atoms with Gasteiger partial charge in [-0.2, -0.15) is 13.2 Å². The summed E-state index contributed by atoms with van der Waals surface area (Å²) in [6.45, 7) is 6.54. The number of carbonyl (C=O) groups is 2. The Labute approximate surface area is 204 Å². The number of alkyl halides is 3. The minimum absolute atomic E-state index is 0.0488. The maximum atomic E-state index is 13.6. The van der Waals surface area contributed by atoms with Gasteiger partial charge in [0.05, 0.1) is 27.9 Å². The van der Waals surface area contributed by atoms with Crippen molar-refractivity contribution >= 4 is 28.6 Å². The molecule has 0 spiro atoms. The Morgan fingerprint density at radius 2 is 1.69 bits per heavy atom. The average Bonchev–Trinajstić information content (AvgIpc) is 3.24. The van der Waals surface area contributed by atoms with Crippen LogP contribution in [-0.2, 0) is 6.18 Å². The summed E-state index contributed by atoms with van der Waals surface area (Å²) in [5.74, 6) is -0.705. The smallest absolute Gasteiger partial charge is 0.339 e. The zero-order chi connectivity index (χ0) is 26.0. The van der Waals surface area contributed by atoms with E-state index in [1.165, 1.54) is 24.3 Å². The van der Waals surface area contributed by atoms with E-state index in [9.17, 15) is 22.8 Å². The van der Waals surface area contributed by atoms with E-state index in [0.29, 0.717) is 35.4 Å². The second kappa shape index (κ2) is 9.80. The lowest BCUT2D eigenvalue weighted by Gasteiger charge is -2.18. The van der Waals surface area contributed by atoms with Crippen LogP contribution in [0.25, 0.3) is 22.4 Å². The number of aromatic nitrogens is 2. The Morgan fingerprint density at radius 1 is 1.03 bits per heavy atom. The summed E-state index contributed by atoms with van der Waals surface area (Å²) in [7, 11) is 0. The number of halogens is 3.